The summed E-state index contributed by atoms with van der Waals surface area (Å²) >= 11 is 6.06. The number of anilines is 1. The van der Waals surface area contributed by atoms with Crippen molar-refractivity contribution in [2.75, 3.05) is 5.32 Å². The molecular weight excluding hydrogens is 312 g/mol. The molecule has 3 aromatic rings. The van der Waals surface area contributed by atoms with Crippen molar-refractivity contribution in [3.63, 3.8) is 0 Å². The molecule has 1 aromatic heterocycles. The van der Waals surface area contributed by atoms with Gasteiger partial charge in [-0.3, -0.25) is 9.59 Å². The molecule has 0 aliphatic carbocycles. The minimum absolute atomic E-state index is 0.0553. The highest BCUT2D eigenvalue weighted by Gasteiger charge is 2.15. The zero-order valence-electron chi connectivity index (χ0n) is 12.7. The summed E-state index contributed by atoms with van der Waals surface area (Å²) in [5.41, 5.74) is 2.98. The Morgan fingerprint density at radius 1 is 1.17 bits per heavy atom. The Morgan fingerprint density at radius 2 is 1.96 bits per heavy atom. The average Bonchev–Trinajstić information content (AvgIpc) is 2.51. The minimum Gasteiger partial charge on any atom is -0.359 e. The second-order valence-electron chi connectivity index (χ2n) is 5.47. The molecule has 2 aromatic carbocycles. The Kier molecular flexibility index (Phi) is 3.92. The van der Waals surface area contributed by atoms with Crippen molar-refractivity contribution < 1.29 is 4.79 Å². The number of carbonyl (C=O) groups is 1. The lowest BCUT2D eigenvalue weighted by molar-refractivity contribution is 0.102. The van der Waals surface area contributed by atoms with Crippen LogP contribution in [0.3, 0.4) is 0 Å². The van der Waals surface area contributed by atoms with Gasteiger partial charge in [0.25, 0.3) is 5.91 Å². The number of nitrogens with one attached hydrogen (secondary N) is 2. The van der Waals surface area contributed by atoms with Crippen LogP contribution in [0.2, 0.25) is 5.02 Å². The Balaban J connectivity index is 2.01. The highest BCUT2D eigenvalue weighted by atomic mass is 35.5. The van der Waals surface area contributed by atoms with E-state index in [0.717, 1.165) is 11.1 Å². The van der Waals surface area contributed by atoms with E-state index in [1.54, 1.807) is 18.2 Å². The van der Waals surface area contributed by atoms with Gasteiger partial charge < -0.3 is 10.3 Å². The maximum Gasteiger partial charge on any atom is 0.261 e. The molecule has 23 heavy (non-hydrogen) atoms. The molecule has 5 heteroatoms. The number of rotatable bonds is 2. The zero-order valence-corrected chi connectivity index (χ0v) is 13.5. The maximum atomic E-state index is 12.5. The van der Waals surface area contributed by atoms with E-state index in [-0.39, 0.29) is 11.0 Å². The molecule has 0 aliphatic rings. The van der Waals surface area contributed by atoms with Gasteiger partial charge in [-0.1, -0.05) is 35.4 Å². The molecule has 1 amide bonds. The summed E-state index contributed by atoms with van der Waals surface area (Å²) in [4.78, 5) is 27.9. The molecule has 116 valence electrons. The van der Waals surface area contributed by atoms with E-state index in [0.29, 0.717) is 21.6 Å². The van der Waals surface area contributed by atoms with E-state index in [1.807, 2.05) is 32.0 Å². The maximum absolute atomic E-state index is 12.5. The fraction of sp³-hybridized carbons (Fsp3) is 0.111. The predicted octanol–water partition coefficient (Wildman–Crippen LogP) is 4.05. The van der Waals surface area contributed by atoms with Gasteiger partial charge in [0.05, 0.1) is 10.5 Å². The quantitative estimate of drug-likeness (QED) is 0.746. The van der Waals surface area contributed by atoms with Crippen LogP contribution in [0.1, 0.15) is 21.5 Å². The number of aryl methyl sites for hydroxylation is 2. The Morgan fingerprint density at radius 3 is 2.70 bits per heavy atom. The first-order valence-corrected chi connectivity index (χ1v) is 7.53. The summed E-state index contributed by atoms with van der Waals surface area (Å²) in [7, 11) is 0. The molecule has 0 saturated carbocycles. The number of H-pyrrole nitrogens is 1. The number of amides is 1. The average molecular weight is 327 g/mol. The number of carbonyl (C=O) groups excluding carboxylic acids is 1. The van der Waals surface area contributed by atoms with E-state index >= 15 is 0 Å². The molecule has 1 heterocycles. The number of para-hydroxylation sites is 1. The molecule has 0 radical (unpaired) electrons. The molecule has 2 N–H and O–H groups in total. The first-order valence-electron chi connectivity index (χ1n) is 7.16. The van der Waals surface area contributed by atoms with E-state index in [1.165, 1.54) is 6.20 Å². The third-order valence-corrected chi connectivity index (χ3v) is 4.05. The van der Waals surface area contributed by atoms with Crippen LogP contribution in [0.15, 0.2) is 47.4 Å². The van der Waals surface area contributed by atoms with Gasteiger partial charge in [-0.15, -0.1) is 0 Å². The van der Waals surface area contributed by atoms with E-state index in [9.17, 15) is 9.59 Å². The summed E-state index contributed by atoms with van der Waals surface area (Å²) in [5.74, 6) is -0.444. The van der Waals surface area contributed by atoms with Crippen LogP contribution >= 0.6 is 11.6 Å². The highest BCUT2D eigenvalue weighted by Crippen LogP contribution is 2.20. The van der Waals surface area contributed by atoms with E-state index in [4.69, 9.17) is 11.6 Å². The first-order chi connectivity index (χ1) is 11.0. The van der Waals surface area contributed by atoms with Gasteiger partial charge in [0.1, 0.15) is 5.56 Å². The molecule has 0 unspecified atom stereocenters. The molecule has 0 bridgehead atoms. The van der Waals surface area contributed by atoms with Crippen LogP contribution in [-0.2, 0) is 0 Å². The summed E-state index contributed by atoms with van der Waals surface area (Å²) < 4.78 is 0. The molecular formula is C18H15ClN2O2. The SMILES string of the molecule is Cc1ccc(NC(=O)c2c[nH]c3c(Cl)cccc3c2=O)c(C)c1. The van der Waals surface area contributed by atoms with Crippen LogP contribution in [0.25, 0.3) is 10.9 Å². The largest absolute Gasteiger partial charge is 0.359 e. The van der Waals surface area contributed by atoms with Gasteiger partial charge in [-0.05, 0) is 37.6 Å². The first kappa shape index (κ1) is 15.3. The minimum atomic E-state index is -0.444. The van der Waals surface area contributed by atoms with Crippen molar-refractivity contribution in [2.45, 2.75) is 13.8 Å². The summed E-state index contributed by atoms with van der Waals surface area (Å²) in [5, 5.41) is 3.62. The molecule has 0 aliphatic heterocycles. The zero-order chi connectivity index (χ0) is 16.6. The van der Waals surface area contributed by atoms with Crippen molar-refractivity contribution in [2.24, 2.45) is 0 Å². The van der Waals surface area contributed by atoms with Gasteiger partial charge in [-0.2, -0.15) is 0 Å². The van der Waals surface area contributed by atoms with Crippen LogP contribution < -0.4 is 10.7 Å². The van der Waals surface area contributed by atoms with Crippen LogP contribution in [0.5, 0.6) is 0 Å². The fourth-order valence-corrected chi connectivity index (χ4v) is 2.76. The van der Waals surface area contributed by atoms with Gasteiger partial charge in [0.2, 0.25) is 5.43 Å². The van der Waals surface area contributed by atoms with Crippen LogP contribution in [0.4, 0.5) is 5.69 Å². The number of hydrogen-bond donors (Lipinski definition) is 2. The predicted molar refractivity (Wildman–Crippen MR) is 93.4 cm³/mol. The van der Waals surface area contributed by atoms with Crippen molar-refractivity contribution in [3.05, 3.63) is 74.5 Å². The molecule has 0 spiro atoms. The summed E-state index contributed by atoms with van der Waals surface area (Å²) in [6, 6.07) is 10.7. The Hall–Kier alpha value is -2.59. The summed E-state index contributed by atoms with van der Waals surface area (Å²) in [6.07, 6.45) is 1.40. The molecule has 0 saturated heterocycles. The lowest BCUT2D eigenvalue weighted by atomic mass is 10.1. The fourth-order valence-electron chi connectivity index (χ4n) is 2.53. The summed E-state index contributed by atoms with van der Waals surface area (Å²) in [6.45, 7) is 3.89. The highest BCUT2D eigenvalue weighted by molar-refractivity contribution is 6.35. The van der Waals surface area contributed by atoms with Gasteiger partial charge in [-0.25, -0.2) is 0 Å². The second-order valence-corrected chi connectivity index (χ2v) is 5.87. The number of pyridine rings is 1. The van der Waals surface area contributed by atoms with Crippen molar-refractivity contribution >= 4 is 34.1 Å². The second kappa shape index (κ2) is 5.89. The monoisotopic (exact) mass is 326 g/mol. The van der Waals surface area contributed by atoms with Crippen LogP contribution in [-0.4, -0.2) is 10.9 Å². The normalized spacial score (nSPS) is 10.7. The van der Waals surface area contributed by atoms with Gasteiger partial charge >= 0.3 is 0 Å². The third kappa shape index (κ3) is 2.85. The van der Waals surface area contributed by atoms with E-state index < -0.39 is 5.91 Å². The third-order valence-electron chi connectivity index (χ3n) is 3.74. The number of fused-ring (bicyclic) bond motifs is 1. The van der Waals surface area contributed by atoms with Crippen molar-refractivity contribution in [1.82, 2.24) is 4.98 Å². The Bertz CT molecular complexity index is 976. The molecule has 3 rings (SSSR count). The molecule has 0 atom stereocenters. The van der Waals surface area contributed by atoms with Gasteiger partial charge in [0.15, 0.2) is 0 Å². The van der Waals surface area contributed by atoms with Crippen molar-refractivity contribution in [3.8, 4) is 0 Å². The molecule has 4 nitrogen and oxygen atoms in total. The van der Waals surface area contributed by atoms with Gasteiger partial charge in [0, 0.05) is 17.3 Å². The number of halogens is 1. The standard InChI is InChI=1S/C18H15ClN2O2/c1-10-6-7-15(11(2)8-10)21-18(23)13-9-20-16-12(17(13)22)4-3-5-14(16)19/h3-9H,1-2H3,(H,20,22)(H,21,23). The number of aromatic amines is 1. The molecule has 0 fully saturated rings. The smallest absolute Gasteiger partial charge is 0.261 e. The Labute approximate surface area is 138 Å². The number of benzene rings is 2. The van der Waals surface area contributed by atoms with Crippen LogP contribution in [0, 0.1) is 13.8 Å². The number of aromatic nitrogens is 1. The van der Waals surface area contributed by atoms with Crippen molar-refractivity contribution in [1.29, 1.82) is 0 Å². The van der Waals surface area contributed by atoms with E-state index in [2.05, 4.69) is 10.3 Å². The number of hydrogen-bond acceptors (Lipinski definition) is 2. The lowest BCUT2D eigenvalue weighted by Gasteiger charge is -2.09. The lowest BCUT2D eigenvalue weighted by Crippen LogP contribution is -2.22. The topological polar surface area (TPSA) is 62.0 Å².